The standard InChI is InChI=1S/C18H26N2/c1-2-16-13-19-18(15-9-5-3-6-10-15)14-20(16)17-11-7-4-8-12-17/h3-7,9-10,16-19H,2,8,11-14H2,1H3. The molecule has 1 aromatic rings. The normalized spacial score (nSPS) is 31.4. The Hall–Kier alpha value is -1.12. The maximum atomic E-state index is 3.75. The Labute approximate surface area is 122 Å². The molecule has 0 bridgehead atoms. The van der Waals surface area contributed by atoms with Crippen molar-refractivity contribution >= 4 is 0 Å². The summed E-state index contributed by atoms with van der Waals surface area (Å²) in [7, 11) is 0. The summed E-state index contributed by atoms with van der Waals surface area (Å²) in [4.78, 5) is 2.78. The number of benzene rings is 1. The summed E-state index contributed by atoms with van der Waals surface area (Å²) in [6, 6.07) is 12.8. The zero-order valence-electron chi connectivity index (χ0n) is 12.5. The van der Waals surface area contributed by atoms with Crippen molar-refractivity contribution in [2.24, 2.45) is 0 Å². The molecular weight excluding hydrogens is 244 g/mol. The zero-order valence-corrected chi connectivity index (χ0v) is 12.5. The van der Waals surface area contributed by atoms with Crippen LogP contribution in [0.15, 0.2) is 42.5 Å². The Morgan fingerprint density at radius 1 is 1.20 bits per heavy atom. The van der Waals surface area contributed by atoms with Gasteiger partial charge in [0.1, 0.15) is 0 Å². The highest BCUT2D eigenvalue weighted by Crippen LogP contribution is 2.27. The van der Waals surface area contributed by atoms with E-state index < -0.39 is 0 Å². The first-order valence-electron chi connectivity index (χ1n) is 8.07. The summed E-state index contributed by atoms with van der Waals surface area (Å²) in [6.07, 6.45) is 9.77. The van der Waals surface area contributed by atoms with Crippen LogP contribution in [0.3, 0.4) is 0 Å². The molecule has 1 N–H and O–H groups in total. The van der Waals surface area contributed by atoms with Gasteiger partial charge in [0.25, 0.3) is 0 Å². The van der Waals surface area contributed by atoms with Crippen LogP contribution in [0.5, 0.6) is 0 Å². The van der Waals surface area contributed by atoms with Gasteiger partial charge in [-0.05, 0) is 31.2 Å². The van der Waals surface area contributed by atoms with Crippen LogP contribution in [0.2, 0.25) is 0 Å². The third kappa shape index (κ3) is 2.97. The first kappa shape index (κ1) is 13.8. The van der Waals surface area contributed by atoms with Crippen molar-refractivity contribution in [1.82, 2.24) is 10.2 Å². The number of rotatable bonds is 3. The van der Waals surface area contributed by atoms with Crippen LogP contribution in [0.4, 0.5) is 0 Å². The van der Waals surface area contributed by atoms with E-state index in [1.165, 1.54) is 31.2 Å². The fourth-order valence-electron chi connectivity index (χ4n) is 3.63. The number of nitrogens with zero attached hydrogens (tertiary/aromatic N) is 1. The van der Waals surface area contributed by atoms with Gasteiger partial charge in [-0.15, -0.1) is 0 Å². The van der Waals surface area contributed by atoms with Crippen LogP contribution in [-0.4, -0.2) is 30.1 Å². The molecule has 0 amide bonds. The Morgan fingerprint density at radius 3 is 2.75 bits per heavy atom. The quantitative estimate of drug-likeness (QED) is 0.845. The predicted octanol–water partition coefficient (Wildman–Crippen LogP) is 3.52. The van der Waals surface area contributed by atoms with Crippen LogP contribution in [0.25, 0.3) is 0 Å². The van der Waals surface area contributed by atoms with E-state index in [9.17, 15) is 0 Å². The number of piperazine rings is 1. The lowest BCUT2D eigenvalue weighted by molar-refractivity contribution is 0.0735. The highest BCUT2D eigenvalue weighted by molar-refractivity contribution is 5.20. The summed E-state index contributed by atoms with van der Waals surface area (Å²) in [5, 5.41) is 3.75. The molecule has 1 aliphatic carbocycles. The third-order valence-electron chi connectivity index (χ3n) is 4.85. The van der Waals surface area contributed by atoms with Crippen LogP contribution >= 0.6 is 0 Å². The van der Waals surface area contributed by atoms with E-state index in [0.717, 1.165) is 19.1 Å². The molecule has 2 aliphatic rings. The Morgan fingerprint density at radius 2 is 2.05 bits per heavy atom. The lowest BCUT2D eigenvalue weighted by Crippen LogP contribution is -2.56. The molecule has 1 fully saturated rings. The van der Waals surface area contributed by atoms with E-state index in [1.807, 2.05) is 0 Å². The Balaban J connectivity index is 1.74. The van der Waals surface area contributed by atoms with E-state index >= 15 is 0 Å². The van der Waals surface area contributed by atoms with Crippen LogP contribution in [-0.2, 0) is 0 Å². The second-order valence-electron chi connectivity index (χ2n) is 6.07. The highest BCUT2D eigenvalue weighted by Gasteiger charge is 2.32. The first-order chi connectivity index (χ1) is 9.88. The fourth-order valence-corrected chi connectivity index (χ4v) is 3.63. The maximum absolute atomic E-state index is 3.75. The van der Waals surface area contributed by atoms with Crippen molar-refractivity contribution in [3.05, 3.63) is 48.0 Å². The van der Waals surface area contributed by atoms with Gasteiger partial charge in [0.05, 0.1) is 0 Å². The second-order valence-corrected chi connectivity index (χ2v) is 6.07. The van der Waals surface area contributed by atoms with Gasteiger partial charge >= 0.3 is 0 Å². The molecule has 0 aromatic heterocycles. The summed E-state index contributed by atoms with van der Waals surface area (Å²) < 4.78 is 0. The molecule has 3 unspecified atom stereocenters. The summed E-state index contributed by atoms with van der Waals surface area (Å²) in [6.45, 7) is 4.60. The molecule has 1 aromatic carbocycles. The molecule has 0 radical (unpaired) electrons. The maximum Gasteiger partial charge on any atom is 0.0450 e. The number of hydrogen-bond acceptors (Lipinski definition) is 2. The number of nitrogens with one attached hydrogen (secondary N) is 1. The van der Waals surface area contributed by atoms with Gasteiger partial charge in [-0.1, -0.05) is 49.4 Å². The van der Waals surface area contributed by atoms with Crippen LogP contribution < -0.4 is 5.32 Å². The molecule has 1 heterocycles. The van der Waals surface area contributed by atoms with Gasteiger partial charge in [0.15, 0.2) is 0 Å². The minimum absolute atomic E-state index is 0.491. The minimum atomic E-state index is 0.491. The van der Waals surface area contributed by atoms with Gasteiger partial charge < -0.3 is 5.32 Å². The predicted molar refractivity (Wildman–Crippen MR) is 84.7 cm³/mol. The topological polar surface area (TPSA) is 15.3 Å². The summed E-state index contributed by atoms with van der Waals surface area (Å²) >= 11 is 0. The first-order valence-corrected chi connectivity index (χ1v) is 8.07. The van der Waals surface area contributed by atoms with Crippen molar-refractivity contribution < 1.29 is 0 Å². The molecule has 3 atom stereocenters. The van der Waals surface area contributed by atoms with Crippen molar-refractivity contribution in [2.75, 3.05) is 13.1 Å². The van der Waals surface area contributed by atoms with E-state index in [1.54, 1.807) is 0 Å². The monoisotopic (exact) mass is 270 g/mol. The largest absolute Gasteiger partial charge is 0.307 e. The van der Waals surface area contributed by atoms with Crippen molar-refractivity contribution in [3.63, 3.8) is 0 Å². The van der Waals surface area contributed by atoms with Crippen molar-refractivity contribution in [3.8, 4) is 0 Å². The highest BCUT2D eigenvalue weighted by atomic mass is 15.3. The summed E-state index contributed by atoms with van der Waals surface area (Å²) in [5.74, 6) is 0. The average Bonchev–Trinajstić information content (AvgIpc) is 2.56. The zero-order chi connectivity index (χ0) is 13.8. The lowest BCUT2D eigenvalue weighted by atomic mass is 9.93. The fraction of sp³-hybridized carbons (Fsp3) is 0.556. The molecule has 0 spiro atoms. The van der Waals surface area contributed by atoms with E-state index in [0.29, 0.717) is 12.1 Å². The van der Waals surface area contributed by atoms with E-state index in [-0.39, 0.29) is 0 Å². The summed E-state index contributed by atoms with van der Waals surface area (Å²) in [5.41, 5.74) is 1.43. The molecule has 3 rings (SSSR count). The molecule has 1 saturated heterocycles. The van der Waals surface area contributed by atoms with Gasteiger partial charge in [0, 0.05) is 31.2 Å². The third-order valence-corrected chi connectivity index (χ3v) is 4.85. The number of allylic oxidation sites excluding steroid dienone is 1. The lowest BCUT2D eigenvalue weighted by Gasteiger charge is -2.45. The molecule has 2 nitrogen and oxygen atoms in total. The van der Waals surface area contributed by atoms with E-state index in [2.05, 4.69) is 59.6 Å². The average molecular weight is 270 g/mol. The van der Waals surface area contributed by atoms with Crippen molar-refractivity contribution in [1.29, 1.82) is 0 Å². The molecule has 1 aliphatic heterocycles. The Bertz CT molecular complexity index is 440. The van der Waals surface area contributed by atoms with Crippen molar-refractivity contribution in [2.45, 2.75) is 50.7 Å². The number of hydrogen-bond donors (Lipinski definition) is 1. The van der Waals surface area contributed by atoms with Gasteiger partial charge in [0.2, 0.25) is 0 Å². The smallest absolute Gasteiger partial charge is 0.0450 e. The molecule has 20 heavy (non-hydrogen) atoms. The molecule has 0 saturated carbocycles. The SMILES string of the molecule is CCC1CNC(c2ccccc2)CN1C1CC=CCC1. The molecule has 2 heteroatoms. The van der Waals surface area contributed by atoms with Gasteiger partial charge in [-0.25, -0.2) is 0 Å². The Kier molecular flexibility index (Phi) is 4.54. The van der Waals surface area contributed by atoms with Gasteiger partial charge in [-0.2, -0.15) is 0 Å². The van der Waals surface area contributed by atoms with Crippen LogP contribution in [0, 0.1) is 0 Å². The second kappa shape index (κ2) is 6.55. The molecular formula is C18H26N2. The van der Waals surface area contributed by atoms with Crippen LogP contribution in [0.1, 0.15) is 44.2 Å². The van der Waals surface area contributed by atoms with Gasteiger partial charge in [-0.3, -0.25) is 4.90 Å². The van der Waals surface area contributed by atoms with E-state index in [4.69, 9.17) is 0 Å². The minimum Gasteiger partial charge on any atom is -0.307 e. The molecule has 108 valence electrons.